The van der Waals surface area contributed by atoms with Gasteiger partial charge in [-0.2, -0.15) is 0 Å². The van der Waals surface area contributed by atoms with Crippen molar-refractivity contribution in [2.75, 3.05) is 6.54 Å². The summed E-state index contributed by atoms with van der Waals surface area (Å²) in [7, 11) is 0. The molecule has 0 spiro atoms. The van der Waals surface area contributed by atoms with Gasteiger partial charge in [0.1, 0.15) is 23.3 Å². The fourth-order valence-corrected chi connectivity index (χ4v) is 2.23. The Morgan fingerprint density at radius 1 is 0.952 bits per heavy atom. The molecule has 1 N–H and O–H groups in total. The fourth-order valence-electron chi connectivity index (χ4n) is 2.23. The predicted octanol–water partition coefficient (Wildman–Crippen LogP) is 4.58. The Balaban J connectivity index is 2.56. The zero-order valence-corrected chi connectivity index (χ0v) is 11.7. The summed E-state index contributed by atoms with van der Waals surface area (Å²) in [6, 6.07) is 5.06. The van der Waals surface area contributed by atoms with Gasteiger partial charge in [-0.05, 0) is 31.2 Å². The maximum absolute atomic E-state index is 13.9. The average Bonchev–Trinajstić information content (AvgIpc) is 2.40. The van der Waals surface area contributed by atoms with Crippen LogP contribution in [0.2, 0.25) is 0 Å². The maximum Gasteiger partial charge on any atom is 0.136 e. The molecule has 0 radical (unpaired) electrons. The minimum absolute atomic E-state index is 0.0964. The van der Waals surface area contributed by atoms with Crippen molar-refractivity contribution in [3.63, 3.8) is 0 Å². The van der Waals surface area contributed by atoms with Gasteiger partial charge in [-0.25, -0.2) is 17.6 Å². The highest BCUT2D eigenvalue weighted by Crippen LogP contribution is 2.31. The zero-order chi connectivity index (χ0) is 15.6. The normalized spacial score (nSPS) is 12.5. The lowest BCUT2D eigenvalue weighted by Gasteiger charge is -2.15. The highest BCUT2D eigenvalue weighted by atomic mass is 19.1. The van der Waals surface area contributed by atoms with Crippen LogP contribution in [0.3, 0.4) is 0 Å². The van der Waals surface area contributed by atoms with Crippen LogP contribution >= 0.6 is 0 Å². The van der Waals surface area contributed by atoms with Gasteiger partial charge in [-0.15, -0.1) is 0 Å². The molecule has 1 nitrogen and oxygen atoms in total. The standard InChI is InChI=1S/C16H15F4N/c1-3-21-9(2)10-4-5-13(18)12(6-10)16-14(19)7-11(17)8-15(16)20/h4-9,21H,3H2,1-2H3. The second-order valence-corrected chi connectivity index (χ2v) is 4.76. The summed E-state index contributed by atoms with van der Waals surface area (Å²) in [5.41, 5.74) is -0.0805. The van der Waals surface area contributed by atoms with Crippen molar-refractivity contribution in [1.82, 2.24) is 5.32 Å². The number of rotatable bonds is 4. The molecule has 0 aliphatic carbocycles. The predicted molar refractivity (Wildman–Crippen MR) is 73.8 cm³/mol. The molecule has 5 heteroatoms. The highest BCUT2D eigenvalue weighted by Gasteiger charge is 2.18. The number of nitrogens with one attached hydrogen (secondary N) is 1. The Bertz CT molecular complexity index is 632. The molecule has 112 valence electrons. The monoisotopic (exact) mass is 297 g/mol. The molecule has 0 saturated carbocycles. The van der Waals surface area contributed by atoms with Crippen LogP contribution in [0.4, 0.5) is 17.6 Å². The summed E-state index contributed by atoms with van der Waals surface area (Å²) >= 11 is 0. The minimum atomic E-state index is -1.13. The first-order chi connectivity index (χ1) is 9.93. The molecule has 0 aliphatic rings. The molecule has 0 fully saturated rings. The second-order valence-electron chi connectivity index (χ2n) is 4.76. The first kappa shape index (κ1) is 15.5. The summed E-state index contributed by atoms with van der Waals surface area (Å²) in [6.07, 6.45) is 0. The third-order valence-electron chi connectivity index (χ3n) is 3.28. The van der Waals surface area contributed by atoms with E-state index in [1.165, 1.54) is 6.07 Å². The van der Waals surface area contributed by atoms with E-state index in [0.717, 1.165) is 6.07 Å². The smallest absolute Gasteiger partial charge is 0.136 e. The van der Waals surface area contributed by atoms with Crippen molar-refractivity contribution < 1.29 is 17.6 Å². The van der Waals surface area contributed by atoms with Crippen LogP contribution in [0.5, 0.6) is 0 Å². The first-order valence-electron chi connectivity index (χ1n) is 6.61. The second kappa shape index (κ2) is 6.26. The molecule has 0 saturated heterocycles. The van der Waals surface area contributed by atoms with E-state index in [-0.39, 0.29) is 11.6 Å². The van der Waals surface area contributed by atoms with Crippen LogP contribution in [-0.2, 0) is 0 Å². The van der Waals surface area contributed by atoms with E-state index in [1.807, 2.05) is 13.8 Å². The highest BCUT2D eigenvalue weighted by molar-refractivity contribution is 5.66. The Hall–Kier alpha value is -1.88. The molecular weight excluding hydrogens is 282 g/mol. The Morgan fingerprint density at radius 3 is 2.14 bits per heavy atom. The van der Waals surface area contributed by atoms with Crippen LogP contribution in [0.25, 0.3) is 11.1 Å². The third-order valence-corrected chi connectivity index (χ3v) is 3.28. The van der Waals surface area contributed by atoms with Gasteiger partial charge < -0.3 is 5.32 Å². The number of benzene rings is 2. The van der Waals surface area contributed by atoms with Crippen LogP contribution in [0.15, 0.2) is 30.3 Å². The van der Waals surface area contributed by atoms with Crippen molar-refractivity contribution in [3.05, 3.63) is 59.2 Å². The van der Waals surface area contributed by atoms with E-state index < -0.39 is 28.8 Å². The Morgan fingerprint density at radius 2 is 1.57 bits per heavy atom. The Labute approximate surface area is 120 Å². The molecule has 0 aliphatic heterocycles. The van der Waals surface area contributed by atoms with Gasteiger partial charge in [0.05, 0.1) is 5.56 Å². The van der Waals surface area contributed by atoms with Crippen molar-refractivity contribution in [2.45, 2.75) is 19.9 Å². The van der Waals surface area contributed by atoms with Gasteiger partial charge in [0.2, 0.25) is 0 Å². The van der Waals surface area contributed by atoms with E-state index in [2.05, 4.69) is 5.32 Å². The molecule has 2 aromatic carbocycles. The van der Waals surface area contributed by atoms with Crippen molar-refractivity contribution in [2.24, 2.45) is 0 Å². The topological polar surface area (TPSA) is 12.0 Å². The molecule has 0 bridgehead atoms. The largest absolute Gasteiger partial charge is 0.310 e. The van der Waals surface area contributed by atoms with Crippen LogP contribution < -0.4 is 5.32 Å². The van der Waals surface area contributed by atoms with Gasteiger partial charge in [0.25, 0.3) is 0 Å². The lowest BCUT2D eigenvalue weighted by molar-refractivity contribution is 0.544. The van der Waals surface area contributed by atoms with Gasteiger partial charge >= 0.3 is 0 Å². The van der Waals surface area contributed by atoms with E-state index >= 15 is 0 Å². The number of halogens is 4. The quantitative estimate of drug-likeness (QED) is 0.814. The lowest BCUT2D eigenvalue weighted by Crippen LogP contribution is -2.17. The van der Waals surface area contributed by atoms with Crippen LogP contribution in [0, 0.1) is 23.3 Å². The molecule has 1 atom stereocenters. The maximum atomic E-state index is 13.9. The SMILES string of the molecule is CCNC(C)c1ccc(F)c(-c2c(F)cc(F)cc2F)c1. The fraction of sp³-hybridized carbons (Fsp3) is 0.250. The van der Waals surface area contributed by atoms with E-state index in [9.17, 15) is 17.6 Å². The summed E-state index contributed by atoms with van der Waals surface area (Å²) in [5.74, 6) is -4.04. The molecular formula is C16H15F4N. The minimum Gasteiger partial charge on any atom is -0.310 e. The van der Waals surface area contributed by atoms with E-state index in [1.54, 1.807) is 6.07 Å². The van der Waals surface area contributed by atoms with E-state index in [0.29, 0.717) is 24.2 Å². The first-order valence-corrected chi connectivity index (χ1v) is 6.61. The van der Waals surface area contributed by atoms with Gasteiger partial charge in [-0.1, -0.05) is 13.0 Å². The summed E-state index contributed by atoms with van der Waals surface area (Å²) < 4.78 is 54.5. The molecule has 0 aromatic heterocycles. The summed E-state index contributed by atoms with van der Waals surface area (Å²) in [5, 5.41) is 3.13. The van der Waals surface area contributed by atoms with Crippen LogP contribution in [-0.4, -0.2) is 6.54 Å². The number of hydrogen-bond donors (Lipinski definition) is 1. The molecule has 1 unspecified atom stereocenters. The molecule has 0 heterocycles. The summed E-state index contributed by atoms with van der Waals surface area (Å²) in [6.45, 7) is 4.48. The van der Waals surface area contributed by atoms with Gasteiger partial charge in [-0.3, -0.25) is 0 Å². The lowest BCUT2D eigenvalue weighted by atomic mass is 9.98. The van der Waals surface area contributed by atoms with Crippen molar-refractivity contribution >= 4 is 0 Å². The molecule has 2 rings (SSSR count). The van der Waals surface area contributed by atoms with Gasteiger partial charge in [0, 0.05) is 23.7 Å². The van der Waals surface area contributed by atoms with Crippen molar-refractivity contribution in [3.8, 4) is 11.1 Å². The third kappa shape index (κ3) is 3.24. The van der Waals surface area contributed by atoms with Gasteiger partial charge in [0.15, 0.2) is 0 Å². The average molecular weight is 297 g/mol. The summed E-state index contributed by atoms with van der Waals surface area (Å²) in [4.78, 5) is 0. The molecule has 2 aromatic rings. The van der Waals surface area contributed by atoms with E-state index in [4.69, 9.17) is 0 Å². The van der Waals surface area contributed by atoms with Crippen molar-refractivity contribution in [1.29, 1.82) is 0 Å². The van der Waals surface area contributed by atoms with Crippen LogP contribution in [0.1, 0.15) is 25.5 Å². The number of hydrogen-bond acceptors (Lipinski definition) is 1. The Kier molecular flexibility index (Phi) is 4.63. The zero-order valence-electron chi connectivity index (χ0n) is 11.7. The molecule has 0 amide bonds. The molecule has 21 heavy (non-hydrogen) atoms.